The second-order valence-electron chi connectivity index (χ2n) is 7.20. The zero-order valence-electron chi connectivity index (χ0n) is 17.7. The summed E-state index contributed by atoms with van der Waals surface area (Å²) in [6.45, 7) is 4.01. The molecular weight excluding hydrogens is 439 g/mol. The van der Waals surface area contributed by atoms with Gasteiger partial charge >= 0.3 is 0 Å². The van der Waals surface area contributed by atoms with Crippen molar-refractivity contribution < 1.29 is 14.2 Å². The highest BCUT2D eigenvalue weighted by Crippen LogP contribution is 2.45. The molecule has 0 atom stereocenters. The summed E-state index contributed by atoms with van der Waals surface area (Å²) in [5.41, 5.74) is 1.70. The van der Waals surface area contributed by atoms with Gasteiger partial charge in [0.2, 0.25) is 5.75 Å². The number of rotatable bonds is 6. The van der Waals surface area contributed by atoms with Gasteiger partial charge < -0.3 is 19.1 Å². The molecule has 2 aromatic carbocycles. The van der Waals surface area contributed by atoms with Crippen molar-refractivity contribution in [1.29, 1.82) is 0 Å². The second-order valence-corrected chi connectivity index (χ2v) is 8.01. The van der Waals surface area contributed by atoms with Crippen LogP contribution in [0.2, 0.25) is 10.0 Å². The topological polar surface area (TPSA) is 60.0 Å². The SMILES string of the molecule is COc1cc2ncnc(N3CCN(Cc4c(Cl)cccc4Cl)CC3)c2c(OC)c1OC. The van der Waals surface area contributed by atoms with Gasteiger partial charge in [0.15, 0.2) is 11.5 Å². The van der Waals surface area contributed by atoms with E-state index in [4.69, 9.17) is 37.4 Å². The van der Waals surface area contributed by atoms with Gasteiger partial charge in [-0.1, -0.05) is 29.3 Å². The number of halogens is 2. The Balaban J connectivity index is 1.61. The summed E-state index contributed by atoms with van der Waals surface area (Å²) in [5, 5.41) is 2.20. The summed E-state index contributed by atoms with van der Waals surface area (Å²) in [7, 11) is 4.79. The average Bonchev–Trinajstić information content (AvgIpc) is 2.80. The smallest absolute Gasteiger partial charge is 0.204 e. The number of anilines is 1. The number of hydrogen-bond donors (Lipinski definition) is 0. The molecule has 0 N–H and O–H groups in total. The maximum Gasteiger partial charge on any atom is 0.204 e. The Morgan fingerprint density at radius 1 is 0.903 bits per heavy atom. The van der Waals surface area contributed by atoms with Gasteiger partial charge in [0.1, 0.15) is 12.1 Å². The molecule has 0 radical (unpaired) electrons. The third-order valence-electron chi connectivity index (χ3n) is 5.52. The largest absolute Gasteiger partial charge is 0.493 e. The quantitative estimate of drug-likeness (QED) is 0.541. The molecule has 1 aliphatic rings. The third-order valence-corrected chi connectivity index (χ3v) is 6.23. The van der Waals surface area contributed by atoms with Gasteiger partial charge in [-0.3, -0.25) is 4.90 Å². The molecule has 1 fully saturated rings. The van der Waals surface area contributed by atoms with Crippen LogP contribution < -0.4 is 19.1 Å². The summed E-state index contributed by atoms with van der Waals surface area (Å²) in [6, 6.07) is 7.46. The Labute approximate surface area is 191 Å². The van der Waals surface area contributed by atoms with Gasteiger partial charge in [0.05, 0.1) is 32.2 Å². The van der Waals surface area contributed by atoms with Crippen molar-refractivity contribution in [2.24, 2.45) is 0 Å². The van der Waals surface area contributed by atoms with E-state index >= 15 is 0 Å². The first kappa shape index (κ1) is 21.7. The van der Waals surface area contributed by atoms with Crippen LogP contribution in [0.4, 0.5) is 5.82 Å². The molecule has 0 amide bonds. The molecule has 7 nitrogen and oxygen atoms in total. The highest BCUT2D eigenvalue weighted by atomic mass is 35.5. The number of benzene rings is 2. The van der Waals surface area contributed by atoms with Gasteiger partial charge in [-0.2, -0.15) is 0 Å². The molecular formula is C22H24Cl2N4O3. The normalized spacial score (nSPS) is 14.7. The Morgan fingerprint density at radius 2 is 1.58 bits per heavy atom. The van der Waals surface area contributed by atoms with Crippen molar-refractivity contribution in [2.75, 3.05) is 52.4 Å². The van der Waals surface area contributed by atoms with E-state index in [1.807, 2.05) is 24.3 Å². The van der Waals surface area contributed by atoms with Crippen LogP contribution in [0.3, 0.4) is 0 Å². The Hall–Kier alpha value is -2.48. The standard InChI is InChI=1S/C22H24Cl2N4O3/c1-29-18-11-17-19(21(31-3)20(18)30-2)22(26-13-25-17)28-9-7-27(8-10-28)12-14-15(23)5-4-6-16(14)24/h4-6,11,13H,7-10,12H2,1-3H3. The Morgan fingerprint density at radius 3 is 2.19 bits per heavy atom. The summed E-state index contributed by atoms with van der Waals surface area (Å²) < 4.78 is 16.7. The van der Waals surface area contributed by atoms with Gasteiger partial charge in [0, 0.05) is 54.4 Å². The molecule has 0 aliphatic carbocycles. The van der Waals surface area contributed by atoms with E-state index in [1.165, 1.54) is 0 Å². The van der Waals surface area contributed by atoms with Gasteiger partial charge in [-0.15, -0.1) is 0 Å². The number of nitrogens with zero attached hydrogens (tertiary/aromatic N) is 4. The minimum Gasteiger partial charge on any atom is -0.493 e. The number of hydrogen-bond acceptors (Lipinski definition) is 7. The third kappa shape index (κ3) is 4.18. The van der Waals surface area contributed by atoms with Crippen molar-refractivity contribution in [2.45, 2.75) is 6.54 Å². The molecule has 0 spiro atoms. The Bertz CT molecular complexity index is 1070. The maximum absolute atomic E-state index is 6.35. The molecule has 9 heteroatoms. The van der Waals surface area contributed by atoms with E-state index in [0.29, 0.717) is 33.8 Å². The molecule has 0 unspecified atom stereocenters. The zero-order valence-corrected chi connectivity index (χ0v) is 19.2. The number of aromatic nitrogens is 2. The lowest BCUT2D eigenvalue weighted by Gasteiger charge is -2.36. The molecule has 164 valence electrons. The summed E-state index contributed by atoms with van der Waals surface area (Å²) in [6.07, 6.45) is 1.57. The average molecular weight is 463 g/mol. The maximum atomic E-state index is 6.35. The van der Waals surface area contributed by atoms with Crippen LogP contribution >= 0.6 is 23.2 Å². The molecule has 2 heterocycles. The lowest BCUT2D eigenvalue weighted by molar-refractivity contribution is 0.249. The predicted octanol–water partition coefficient (Wildman–Crippen LogP) is 4.28. The molecule has 0 saturated carbocycles. The molecule has 3 aromatic rings. The predicted molar refractivity (Wildman–Crippen MR) is 123 cm³/mol. The van der Waals surface area contributed by atoms with E-state index in [2.05, 4.69) is 19.8 Å². The van der Waals surface area contributed by atoms with Crippen LogP contribution in [0, 0.1) is 0 Å². The van der Waals surface area contributed by atoms with Gasteiger partial charge in [-0.25, -0.2) is 9.97 Å². The van der Waals surface area contributed by atoms with Gasteiger partial charge in [-0.05, 0) is 12.1 Å². The molecule has 0 bridgehead atoms. The molecule has 1 aromatic heterocycles. The fraction of sp³-hybridized carbons (Fsp3) is 0.364. The number of piperazine rings is 1. The van der Waals surface area contributed by atoms with Crippen LogP contribution in [0.15, 0.2) is 30.6 Å². The van der Waals surface area contributed by atoms with Crippen molar-refractivity contribution >= 4 is 39.9 Å². The minimum atomic E-state index is 0.528. The van der Waals surface area contributed by atoms with E-state index in [9.17, 15) is 0 Å². The number of fused-ring (bicyclic) bond motifs is 1. The van der Waals surface area contributed by atoms with E-state index in [0.717, 1.165) is 48.5 Å². The second kappa shape index (κ2) is 9.34. The highest BCUT2D eigenvalue weighted by Gasteiger charge is 2.25. The summed E-state index contributed by atoms with van der Waals surface area (Å²) in [4.78, 5) is 13.6. The fourth-order valence-electron chi connectivity index (χ4n) is 3.94. The Kier molecular flexibility index (Phi) is 6.55. The van der Waals surface area contributed by atoms with Crippen LogP contribution in [0.25, 0.3) is 10.9 Å². The van der Waals surface area contributed by atoms with E-state index < -0.39 is 0 Å². The van der Waals surface area contributed by atoms with Crippen LogP contribution in [0.5, 0.6) is 17.2 Å². The van der Waals surface area contributed by atoms with Crippen molar-refractivity contribution in [3.63, 3.8) is 0 Å². The summed E-state index contributed by atoms with van der Waals surface area (Å²) in [5.74, 6) is 2.48. The zero-order chi connectivity index (χ0) is 22.0. The summed E-state index contributed by atoms with van der Waals surface area (Å²) >= 11 is 12.7. The lowest BCUT2D eigenvalue weighted by Crippen LogP contribution is -2.46. The van der Waals surface area contributed by atoms with E-state index in [-0.39, 0.29) is 0 Å². The number of methoxy groups -OCH3 is 3. The van der Waals surface area contributed by atoms with Crippen LogP contribution in [-0.4, -0.2) is 62.4 Å². The molecule has 1 saturated heterocycles. The minimum absolute atomic E-state index is 0.528. The highest BCUT2D eigenvalue weighted by molar-refractivity contribution is 6.35. The van der Waals surface area contributed by atoms with Crippen LogP contribution in [-0.2, 0) is 6.54 Å². The first-order chi connectivity index (χ1) is 15.1. The number of ether oxygens (including phenoxy) is 3. The fourth-order valence-corrected chi connectivity index (χ4v) is 4.45. The monoisotopic (exact) mass is 462 g/mol. The van der Waals surface area contributed by atoms with Crippen LogP contribution in [0.1, 0.15) is 5.56 Å². The van der Waals surface area contributed by atoms with Crippen molar-refractivity contribution in [3.05, 3.63) is 46.2 Å². The first-order valence-corrected chi connectivity index (χ1v) is 10.7. The molecule has 1 aliphatic heterocycles. The van der Waals surface area contributed by atoms with Crippen molar-refractivity contribution in [1.82, 2.24) is 14.9 Å². The van der Waals surface area contributed by atoms with Crippen molar-refractivity contribution in [3.8, 4) is 17.2 Å². The molecule has 4 rings (SSSR count). The molecule has 31 heavy (non-hydrogen) atoms. The first-order valence-electron chi connectivity index (χ1n) is 9.91. The lowest BCUT2D eigenvalue weighted by atomic mass is 10.1. The van der Waals surface area contributed by atoms with Gasteiger partial charge in [0.25, 0.3) is 0 Å². The van der Waals surface area contributed by atoms with E-state index in [1.54, 1.807) is 27.7 Å².